The minimum absolute atomic E-state index is 0.0960. The maximum atomic E-state index is 10.2. The Labute approximate surface area is 106 Å². The third-order valence-corrected chi connectivity index (χ3v) is 3.16. The molecule has 0 aliphatic heterocycles. The molecule has 0 bridgehead atoms. The summed E-state index contributed by atoms with van der Waals surface area (Å²) in [5.41, 5.74) is 8.96. The number of nitrogen functional groups attached to an aromatic ring is 1. The van der Waals surface area contributed by atoms with Gasteiger partial charge in [-0.15, -0.1) is 0 Å². The molecule has 1 aromatic carbocycles. The fraction of sp³-hybridized carbons (Fsp3) is 0.308. The van der Waals surface area contributed by atoms with Gasteiger partial charge in [0, 0.05) is 18.7 Å². The van der Waals surface area contributed by atoms with Crippen LogP contribution >= 0.6 is 0 Å². The quantitative estimate of drug-likeness (QED) is 0.851. The highest BCUT2D eigenvalue weighted by Gasteiger charge is 2.17. The average Bonchev–Trinajstić information content (AvgIpc) is 2.65. The summed E-state index contributed by atoms with van der Waals surface area (Å²) in [7, 11) is 3.30. The number of aromatic hydroxyl groups is 1. The molecule has 2 aromatic rings. The molecule has 0 fully saturated rings. The first-order chi connectivity index (χ1) is 8.45. The zero-order valence-corrected chi connectivity index (χ0v) is 11.0. The Kier molecular flexibility index (Phi) is 2.90. The summed E-state index contributed by atoms with van der Waals surface area (Å²) in [6, 6.07) is 3.61. The van der Waals surface area contributed by atoms with E-state index < -0.39 is 0 Å². The first kappa shape index (κ1) is 12.3. The average molecular weight is 247 g/mol. The summed E-state index contributed by atoms with van der Waals surface area (Å²) >= 11 is 0. The van der Waals surface area contributed by atoms with Gasteiger partial charge < -0.3 is 15.6 Å². The number of aryl methyl sites for hydroxylation is 2. The first-order valence-corrected chi connectivity index (χ1v) is 5.62. The predicted octanol–water partition coefficient (Wildman–Crippen LogP) is 2.00. The lowest BCUT2D eigenvalue weighted by Crippen LogP contribution is -1.97. The molecule has 0 saturated carbocycles. The largest absolute Gasteiger partial charge is 0.504 e. The van der Waals surface area contributed by atoms with Crippen molar-refractivity contribution in [3.63, 3.8) is 0 Å². The molecule has 5 heteroatoms. The molecule has 0 aliphatic carbocycles. The van der Waals surface area contributed by atoms with Gasteiger partial charge in [0.15, 0.2) is 11.5 Å². The standard InChI is InChI=1S/C13H17N3O2/c1-7-5-9(10-6-11(14)16(3)15-10)12(17)13(18-4)8(7)2/h5-6,17H,14H2,1-4H3. The second kappa shape index (κ2) is 4.25. The summed E-state index contributed by atoms with van der Waals surface area (Å²) < 4.78 is 6.81. The van der Waals surface area contributed by atoms with Crippen LogP contribution in [0.1, 0.15) is 11.1 Å². The number of nitrogens with zero attached hydrogens (tertiary/aromatic N) is 2. The highest BCUT2D eigenvalue weighted by atomic mass is 16.5. The summed E-state index contributed by atoms with van der Waals surface area (Å²) in [5.74, 6) is 1.12. The van der Waals surface area contributed by atoms with Crippen LogP contribution in [0.5, 0.6) is 11.5 Å². The van der Waals surface area contributed by atoms with Crippen molar-refractivity contribution in [2.75, 3.05) is 12.8 Å². The van der Waals surface area contributed by atoms with Crippen LogP contribution in [0.15, 0.2) is 12.1 Å². The van der Waals surface area contributed by atoms with Crippen LogP contribution < -0.4 is 10.5 Å². The number of ether oxygens (including phenoxy) is 1. The predicted molar refractivity (Wildman–Crippen MR) is 70.7 cm³/mol. The number of anilines is 1. The normalized spacial score (nSPS) is 10.7. The summed E-state index contributed by atoms with van der Waals surface area (Å²) in [4.78, 5) is 0. The Morgan fingerprint density at radius 1 is 1.33 bits per heavy atom. The van der Waals surface area contributed by atoms with E-state index >= 15 is 0 Å². The number of rotatable bonds is 2. The molecular formula is C13H17N3O2. The van der Waals surface area contributed by atoms with E-state index in [9.17, 15) is 5.11 Å². The molecule has 1 aromatic heterocycles. The van der Waals surface area contributed by atoms with Crippen LogP contribution in [-0.4, -0.2) is 22.0 Å². The topological polar surface area (TPSA) is 73.3 Å². The van der Waals surface area contributed by atoms with Gasteiger partial charge in [-0.25, -0.2) is 0 Å². The molecular weight excluding hydrogens is 230 g/mol. The van der Waals surface area contributed by atoms with Gasteiger partial charge in [-0.3, -0.25) is 4.68 Å². The lowest BCUT2D eigenvalue weighted by Gasteiger charge is -2.13. The highest BCUT2D eigenvalue weighted by molar-refractivity contribution is 5.74. The summed E-state index contributed by atoms with van der Waals surface area (Å²) in [6.45, 7) is 3.87. The van der Waals surface area contributed by atoms with E-state index in [1.807, 2.05) is 19.9 Å². The van der Waals surface area contributed by atoms with Crippen molar-refractivity contribution in [2.45, 2.75) is 13.8 Å². The molecule has 18 heavy (non-hydrogen) atoms. The van der Waals surface area contributed by atoms with Crippen molar-refractivity contribution >= 4 is 5.82 Å². The molecule has 3 N–H and O–H groups in total. The number of phenolic OH excluding ortho intramolecular Hbond substituents is 1. The van der Waals surface area contributed by atoms with Crippen LogP contribution in [0.4, 0.5) is 5.82 Å². The second-order valence-corrected chi connectivity index (χ2v) is 4.33. The maximum Gasteiger partial charge on any atom is 0.167 e. The number of methoxy groups -OCH3 is 1. The molecule has 0 radical (unpaired) electrons. The van der Waals surface area contributed by atoms with Crippen LogP contribution in [0.25, 0.3) is 11.3 Å². The van der Waals surface area contributed by atoms with Crippen LogP contribution in [0, 0.1) is 13.8 Å². The maximum absolute atomic E-state index is 10.2. The van der Waals surface area contributed by atoms with Crippen LogP contribution in [0.2, 0.25) is 0 Å². The fourth-order valence-electron chi connectivity index (χ4n) is 1.93. The van der Waals surface area contributed by atoms with Gasteiger partial charge in [0.2, 0.25) is 0 Å². The van der Waals surface area contributed by atoms with E-state index in [0.717, 1.165) is 11.1 Å². The molecule has 1 heterocycles. The van der Waals surface area contributed by atoms with Crippen molar-refractivity contribution in [3.05, 3.63) is 23.3 Å². The minimum Gasteiger partial charge on any atom is -0.504 e. The van der Waals surface area contributed by atoms with E-state index in [-0.39, 0.29) is 5.75 Å². The molecule has 0 amide bonds. The van der Waals surface area contributed by atoms with Gasteiger partial charge in [0.05, 0.1) is 12.8 Å². The number of hydrogen-bond acceptors (Lipinski definition) is 4. The van der Waals surface area contributed by atoms with Gasteiger partial charge >= 0.3 is 0 Å². The van der Waals surface area contributed by atoms with E-state index in [1.54, 1.807) is 17.8 Å². The SMILES string of the molecule is COc1c(C)c(C)cc(-c2cc(N)n(C)n2)c1O. The van der Waals surface area contributed by atoms with Crippen molar-refractivity contribution in [2.24, 2.45) is 7.05 Å². The zero-order valence-electron chi connectivity index (χ0n) is 11.0. The molecule has 0 atom stereocenters. The highest BCUT2D eigenvalue weighted by Crippen LogP contribution is 2.40. The third kappa shape index (κ3) is 1.77. The number of benzene rings is 1. The second-order valence-electron chi connectivity index (χ2n) is 4.33. The van der Waals surface area contributed by atoms with Crippen LogP contribution in [0.3, 0.4) is 0 Å². The molecule has 0 saturated heterocycles. The van der Waals surface area contributed by atoms with E-state index in [4.69, 9.17) is 10.5 Å². The molecule has 5 nitrogen and oxygen atoms in total. The molecule has 2 rings (SSSR count). The molecule has 0 aliphatic rings. The number of phenols is 1. The zero-order chi connectivity index (χ0) is 13.4. The van der Waals surface area contributed by atoms with Gasteiger partial charge in [0.1, 0.15) is 5.82 Å². The number of aromatic nitrogens is 2. The Morgan fingerprint density at radius 2 is 2.00 bits per heavy atom. The summed E-state index contributed by atoms with van der Waals surface area (Å²) in [6.07, 6.45) is 0. The molecule has 0 spiro atoms. The lowest BCUT2D eigenvalue weighted by atomic mass is 10.0. The molecule has 0 unspecified atom stereocenters. The van der Waals surface area contributed by atoms with Gasteiger partial charge in [-0.05, 0) is 31.0 Å². The Bertz CT molecular complexity index is 583. The fourth-order valence-corrected chi connectivity index (χ4v) is 1.93. The first-order valence-electron chi connectivity index (χ1n) is 5.62. The monoisotopic (exact) mass is 247 g/mol. The Hall–Kier alpha value is -2.17. The minimum atomic E-state index is 0.0960. The van der Waals surface area contributed by atoms with Gasteiger partial charge in [0.25, 0.3) is 0 Å². The number of hydrogen-bond donors (Lipinski definition) is 2. The van der Waals surface area contributed by atoms with Crippen LogP contribution in [-0.2, 0) is 7.05 Å². The van der Waals surface area contributed by atoms with Crippen molar-refractivity contribution in [3.8, 4) is 22.8 Å². The van der Waals surface area contributed by atoms with E-state index in [1.165, 1.54) is 7.11 Å². The van der Waals surface area contributed by atoms with Crippen molar-refractivity contribution < 1.29 is 9.84 Å². The Balaban J connectivity index is 2.68. The lowest BCUT2D eigenvalue weighted by molar-refractivity contribution is 0.371. The van der Waals surface area contributed by atoms with Crippen molar-refractivity contribution in [1.82, 2.24) is 9.78 Å². The molecule has 96 valence electrons. The van der Waals surface area contributed by atoms with Crippen molar-refractivity contribution in [1.29, 1.82) is 0 Å². The Morgan fingerprint density at radius 3 is 2.50 bits per heavy atom. The van der Waals surface area contributed by atoms with E-state index in [2.05, 4.69) is 5.10 Å². The third-order valence-electron chi connectivity index (χ3n) is 3.16. The number of nitrogens with two attached hydrogens (primary N) is 1. The smallest absolute Gasteiger partial charge is 0.167 e. The van der Waals surface area contributed by atoms with E-state index in [0.29, 0.717) is 22.8 Å². The summed E-state index contributed by atoms with van der Waals surface area (Å²) in [5, 5.41) is 14.5. The van der Waals surface area contributed by atoms with Gasteiger partial charge in [-0.1, -0.05) is 0 Å². The van der Waals surface area contributed by atoms with Gasteiger partial charge in [-0.2, -0.15) is 5.10 Å².